The third kappa shape index (κ3) is 6.61. The molecule has 0 bridgehead atoms. The van der Waals surface area contributed by atoms with Gasteiger partial charge >= 0.3 is 0 Å². The highest BCUT2D eigenvalue weighted by atomic mass is 32.2. The molecule has 100 valence electrons. The van der Waals surface area contributed by atoms with E-state index in [1.165, 1.54) is 12.1 Å². The van der Waals surface area contributed by atoms with Gasteiger partial charge in [-0.25, -0.2) is 4.39 Å². The van der Waals surface area contributed by atoms with Gasteiger partial charge in [-0.3, -0.25) is 4.79 Å². The Morgan fingerprint density at radius 1 is 1.28 bits per heavy atom. The van der Waals surface area contributed by atoms with Gasteiger partial charge in [-0.2, -0.15) is 11.8 Å². The van der Waals surface area contributed by atoms with Gasteiger partial charge in [-0.15, -0.1) is 0 Å². The lowest BCUT2D eigenvalue weighted by Crippen LogP contribution is -2.28. The standard InChI is InChI=1S/C13H19FN2OS/c1-18-9-3-2-8-15-10-13(17)16-12-6-4-11(14)5-7-12/h4-7,15H,2-3,8-10H2,1H3,(H,16,17). The summed E-state index contributed by atoms with van der Waals surface area (Å²) in [4.78, 5) is 11.5. The van der Waals surface area contributed by atoms with E-state index in [2.05, 4.69) is 16.9 Å². The maximum absolute atomic E-state index is 12.6. The second kappa shape index (κ2) is 8.94. The molecule has 0 fully saturated rings. The van der Waals surface area contributed by atoms with Gasteiger partial charge in [0.05, 0.1) is 6.54 Å². The lowest BCUT2D eigenvalue weighted by molar-refractivity contribution is -0.115. The van der Waals surface area contributed by atoms with Crippen molar-refractivity contribution in [1.82, 2.24) is 5.32 Å². The Balaban J connectivity index is 2.12. The molecule has 0 aliphatic rings. The highest BCUT2D eigenvalue weighted by Gasteiger charge is 2.01. The van der Waals surface area contributed by atoms with Crippen LogP contribution < -0.4 is 10.6 Å². The Bertz CT molecular complexity index is 357. The van der Waals surface area contributed by atoms with Crippen molar-refractivity contribution in [2.24, 2.45) is 0 Å². The Hall–Kier alpha value is -1.07. The lowest BCUT2D eigenvalue weighted by atomic mass is 10.3. The first-order valence-electron chi connectivity index (χ1n) is 5.97. The second-order valence-electron chi connectivity index (χ2n) is 3.93. The molecule has 0 heterocycles. The molecule has 1 amide bonds. The average molecular weight is 270 g/mol. The molecule has 0 aliphatic carbocycles. The van der Waals surface area contributed by atoms with E-state index in [4.69, 9.17) is 0 Å². The van der Waals surface area contributed by atoms with Crippen LogP contribution in [0, 0.1) is 5.82 Å². The summed E-state index contributed by atoms with van der Waals surface area (Å²) in [5.74, 6) is 0.745. The summed E-state index contributed by atoms with van der Waals surface area (Å²) in [6.45, 7) is 1.13. The number of hydrogen-bond acceptors (Lipinski definition) is 3. The maximum Gasteiger partial charge on any atom is 0.238 e. The number of benzene rings is 1. The molecule has 0 unspecified atom stereocenters. The lowest BCUT2D eigenvalue weighted by Gasteiger charge is -2.06. The van der Waals surface area contributed by atoms with Crippen LogP contribution in [0.4, 0.5) is 10.1 Å². The second-order valence-corrected chi connectivity index (χ2v) is 4.92. The van der Waals surface area contributed by atoms with Gasteiger partial charge in [0.25, 0.3) is 0 Å². The fraction of sp³-hybridized carbons (Fsp3) is 0.462. The first-order valence-corrected chi connectivity index (χ1v) is 7.37. The quantitative estimate of drug-likeness (QED) is 0.713. The van der Waals surface area contributed by atoms with E-state index in [-0.39, 0.29) is 18.3 Å². The Morgan fingerprint density at radius 3 is 2.67 bits per heavy atom. The van der Waals surface area contributed by atoms with Gasteiger partial charge in [0.1, 0.15) is 5.82 Å². The number of hydrogen-bond donors (Lipinski definition) is 2. The fourth-order valence-electron chi connectivity index (χ4n) is 1.44. The summed E-state index contributed by atoms with van der Waals surface area (Å²) in [5, 5.41) is 5.78. The van der Waals surface area contributed by atoms with Crippen LogP contribution in [-0.2, 0) is 4.79 Å². The first-order chi connectivity index (χ1) is 8.72. The van der Waals surface area contributed by atoms with Gasteiger partial charge in [0, 0.05) is 5.69 Å². The number of anilines is 1. The zero-order chi connectivity index (χ0) is 13.2. The summed E-state index contributed by atoms with van der Waals surface area (Å²) in [7, 11) is 0. The zero-order valence-electron chi connectivity index (χ0n) is 10.5. The van der Waals surface area contributed by atoms with E-state index < -0.39 is 0 Å². The monoisotopic (exact) mass is 270 g/mol. The van der Waals surface area contributed by atoms with Crippen molar-refractivity contribution in [1.29, 1.82) is 0 Å². The number of unbranched alkanes of at least 4 members (excludes halogenated alkanes) is 1. The number of carbonyl (C=O) groups excluding carboxylic acids is 1. The third-order valence-corrected chi connectivity index (χ3v) is 3.06. The van der Waals surface area contributed by atoms with Gasteiger partial charge in [-0.05, 0) is 55.7 Å². The van der Waals surface area contributed by atoms with Gasteiger partial charge < -0.3 is 10.6 Å². The summed E-state index contributed by atoms with van der Waals surface area (Å²) in [6.07, 6.45) is 4.32. The number of halogens is 1. The van der Waals surface area contributed by atoms with Gasteiger partial charge in [-0.1, -0.05) is 0 Å². The fourth-order valence-corrected chi connectivity index (χ4v) is 1.93. The number of carbonyl (C=O) groups is 1. The van der Waals surface area contributed by atoms with Crippen LogP contribution in [0.15, 0.2) is 24.3 Å². The minimum atomic E-state index is -0.306. The number of amides is 1. The normalized spacial score (nSPS) is 10.3. The van der Waals surface area contributed by atoms with Crippen LogP contribution in [0.1, 0.15) is 12.8 Å². The van der Waals surface area contributed by atoms with Crippen LogP contribution in [-0.4, -0.2) is 31.0 Å². The molecule has 2 N–H and O–H groups in total. The molecule has 0 saturated carbocycles. The van der Waals surface area contributed by atoms with Crippen molar-refractivity contribution in [2.75, 3.05) is 30.4 Å². The van der Waals surface area contributed by atoms with E-state index in [0.717, 1.165) is 25.1 Å². The van der Waals surface area contributed by atoms with Crippen LogP contribution in [0.5, 0.6) is 0 Å². The van der Waals surface area contributed by atoms with Gasteiger partial charge in [0.2, 0.25) is 5.91 Å². The SMILES string of the molecule is CSCCCCNCC(=O)Nc1ccc(F)cc1. The topological polar surface area (TPSA) is 41.1 Å². The molecule has 0 spiro atoms. The van der Waals surface area contributed by atoms with Crippen molar-refractivity contribution in [3.8, 4) is 0 Å². The van der Waals surface area contributed by atoms with Crippen LogP contribution in [0.25, 0.3) is 0 Å². The van der Waals surface area contributed by atoms with E-state index in [0.29, 0.717) is 5.69 Å². The van der Waals surface area contributed by atoms with Crippen LogP contribution in [0.3, 0.4) is 0 Å². The number of nitrogens with one attached hydrogen (secondary N) is 2. The Morgan fingerprint density at radius 2 is 2.00 bits per heavy atom. The molecule has 3 nitrogen and oxygen atoms in total. The minimum absolute atomic E-state index is 0.105. The molecule has 5 heteroatoms. The summed E-state index contributed by atoms with van der Waals surface area (Å²) >= 11 is 1.83. The molecule has 0 radical (unpaired) electrons. The molecular formula is C13H19FN2OS. The largest absolute Gasteiger partial charge is 0.325 e. The Labute approximate surface area is 112 Å². The van der Waals surface area contributed by atoms with Crippen molar-refractivity contribution in [3.63, 3.8) is 0 Å². The van der Waals surface area contributed by atoms with E-state index in [1.54, 1.807) is 12.1 Å². The molecular weight excluding hydrogens is 251 g/mol. The molecule has 18 heavy (non-hydrogen) atoms. The smallest absolute Gasteiger partial charge is 0.238 e. The van der Waals surface area contributed by atoms with Crippen molar-refractivity contribution >= 4 is 23.4 Å². The van der Waals surface area contributed by atoms with E-state index in [9.17, 15) is 9.18 Å². The summed E-state index contributed by atoms with van der Waals surface area (Å²) in [5.41, 5.74) is 0.616. The predicted octanol–water partition coefficient (Wildman–Crippen LogP) is 2.50. The molecule has 1 rings (SSSR count). The summed E-state index contributed by atoms with van der Waals surface area (Å²) in [6, 6.07) is 5.74. The average Bonchev–Trinajstić information content (AvgIpc) is 2.36. The molecule has 0 saturated heterocycles. The number of thioether (sulfide) groups is 1. The molecule has 0 aromatic heterocycles. The van der Waals surface area contributed by atoms with Crippen molar-refractivity contribution in [2.45, 2.75) is 12.8 Å². The zero-order valence-corrected chi connectivity index (χ0v) is 11.4. The summed E-state index contributed by atoms with van der Waals surface area (Å²) < 4.78 is 12.6. The molecule has 0 aliphatic heterocycles. The maximum atomic E-state index is 12.6. The van der Waals surface area contributed by atoms with Crippen molar-refractivity contribution < 1.29 is 9.18 Å². The first kappa shape index (κ1) is 15.0. The molecule has 0 atom stereocenters. The van der Waals surface area contributed by atoms with Crippen LogP contribution >= 0.6 is 11.8 Å². The van der Waals surface area contributed by atoms with Crippen molar-refractivity contribution in [3.05, 3.63) is 30.1 Å². The highest BCUT2D eigenvalue weighted by molar-refractivity contribution is 7.98. The van der Waals surface area contributed by atoms with E-state index in [1.807, 2.05) is 11.8 Å². The molecule has 1 aromatic carbocycles. The highest BCUT2D eigenvalue weighted by Crippen LogP contribution is 2.07. The molecule has 1 aromatic rings. The third-order valence-electron chi connectivity index (χ3n) is 2.37. The van der Waals surface area contributed by atoms with E-state index >= 15 is 0 Å². The van der Waals surface area contributed by atoms with Gasteiger partial charge in [0.15, 0.2) is 0 Å². The predicted molar refractivity (Wildman–Crippen MR) is 75.5 cm³/mol. The minimum Gasteiger partial charge on any atom is -0.325 e. The Kier molecular flexibility index (Phi) is 7.44. The van der Waals surface area contributed by atoms with Crippen LogP contribution in [0.2, 0.25) is 0 Å². The number of rotatable bonds is 8.